The van der Waals surface area contributed by atoms with Crippen LogP contribution in [0.15, 0.2) is 60.0 Å². The van der Waals surface area contributed by atoms with Crippen molar-refractivity contribution >= 4 is 22.1 Å². The highest BCUT2D eigenvalue weighted by Crippen LogP contribution is 2.32. The molecule has 0 bridgehead atoms. The molecule has 0 fully saturated rings. The summed E-state index contributed by atoms with van der Waals surface area (Å²) in [7, 11) is 4.00. The summed E-state index contributed by atoms with van der Waals surface area (Å²) in [6.07, 6.45) is -0.567. The van der Waals surface area contributed by atoms with Gasteiger partial charge in [-0.15, -0.1) is 11.3 Å². The molecule has 2 aromatic carbocycles. The first kappa shape index (κ1) is 12.7. The summed E-state index contributed by atoms with van der Waals surface area (Å²) in [5.74, 6) is 0.656. The molecule has 0 unspecified atom stereocenters. The van der Waals surface area contributed by atoms with E-state index >= 15 is 0 Å². The number of rotatable bonds is 6. The Morgan fingerprint density at radius 2 is 2.05 bits per heavy atom. The van der Waals surface area contributed by atoms with Crippen LogP contribution in [0.5, 0.6) is 5.75 Å². The molecule has 22 heavy (non-hydrogen) atoms. The second kappa shape index (κ2) is 6.95. The second-order valence-electron chi connectivity index (χ2n) is 5.44. The molecule has 0 aliphatic carbocycles. The van der Waals surface area contributed by atoms with Crippen LogP contribution in [0, 0.1) is 0 Å². The van der Waals surface area contributed by atoms with Crippen molar-refractivity contribution < 1.29 is 7.48 Å². The van der Waals surface area contributed by atoms with Gasteiger partial charge in [0.1, 0.15) is 11.8 Å². The minimum Gasteiger partial charge on any atom is -0.484 e. The Bertz CT molecular complexity index is 819. The third kappa shape index (κ3) is 3.49. The number of benzene rings is 2. The quantitative estimate of drug-likeness (QED) is 0.637. The minimum absolute atomic E-state index is 0.470. The van der Waals surface area contributed by atoms with E-state index in [4.69, 9.17) is 7.48 Å². The van der Waals surface area contributed by atoms with Crippen LogP contribution in [0.3, 0.4) is 0 Å². The molecule has 1 aromatic heterocycles. The molecule has 2 nitrogen and oxygen atoms in total. The van der Waals surface area contributed by atoms with Gasteiger partial charge in [-0.25, -0.2) is 0 Å². The zero-order chi connectivity index (χ0) is 17.2. The maximum Gasteiger partial charge on any atom is 0.134 e. The molecule has 0 saturated heterocycles. The van der Waals surface area contributed by atoms with Crippen molar-refractivity contribution in [3.8, 4) is 5.75 Å². The van der Waals surface area contributed by atoms with E-state index in [2.05, 4.69) is 4.90 Å². The van der Waals surface area contributed by atoms with Crippen LogP contribution >= 0.6 is 11.3 Å². The Morgan fingerprint density at radius 3 is 2.82 bits per heavy atom. The van der Waals surface area contributed by atoms with E-state index in [9.17, 15) is 0 Å². The molecule has 0 spiro atoms. The van der Waals surface area contributed by atoms with Gasteiger partial charge >= 0.3 is 0 Å². The molecular weight excluding hydrogens is 290 g/mol. The smallest absolute Gasteiger partial charge is 0.134 e. The minimum atomic E-state index is -1.13. The monoisotopic (exact) mass is 313 g/mol. The summed E-state index contributed by atoms with van der Waals surface area (Å²) in [4.78, 5) is 2.95. The van der Waals surface area contributed by atoms with Gasteiger partial charge < -0.3 is 9.64 Å². The number of nitrogens with zero attached hydrogens (tertiary/aromatic N) is 1. The van der Waals surface area contributed by atoms with Crippen LogP contribution in [-0.2, 0) is 0 Å². The molecule has 1 atom stereocenters. The molecule has 0 radical (unpaired) electrons. The first-order chi connectivity index (χ1) is 11.5. The molecule has 0 N–H and O–H groups in total. The standard InChI is InChI=1S/C19H21NOS/c1-20(2)13-12-18(19-11-6-14-22-19)21-17-10-5-8-15-7-3-4-9-16(15)17/h3-11,14,18H,12-13H2,1-2H3/t18-/m0/s1/i8D,18D. The highest BCUT2D eigenvalue weighted by atomic mass is 32.1. The Kier molecular flexibility index (Phi) is 4.00. The summed E-state index contributed by atoms with van der Waals surface area (Å²) in [6, 6.07) is 15.6. The van der Waals surface area contributed by atoms with Crippen molar-refractivity contribution in [2.75, 3.05) is 20.6 Å². The zero-order valence-corrected chi connectivity index (χ0v) is 13.7. The summed E-state index contributed by atoms with van der Waals surface area (Å²) in [6.45, 7) is 0.760. The van der Waals surface area contributed by atoms with Crippen molar-refractivity contribution in [1.82, 2.24) is 4.90 Å². The van der Waals surface area contributed by atoms with Crippen LogP contribution in [0.25, 0.3) is 10.8 Å². The van der Waals surface area contributed by atoms with Gasteiger partial charge in [0.15, 0.2) is 0 Å². The van der Waals surface area contributed by atoms with Gasteiger partial charge in [-0.05, 0) is 37.0 Å². The van der Waals surface area contributed by atoms with Crippen LogP contribution in [0.4, 0.5) is 0 Å². The largest absolute Gasteiger partial charge is 0.484 e. The van der Waals surface area contributed by atoms with Crippen LogP contribution < -0.4 is 4.74 Å². The average Bonchev–Trinajstić information content (AvgIpc) is 3.11. The van der Waals surface area contributed by atoms with Crippen LogP contribution in [-0.4, -0.2) is 25.5 Å². The normalized spacial score (nSPS) is 15.4. The van der Waals surface area contributed by atoms with Crippen molar-refractivity contribution in [3.63, 3.8) is 0 Å². The van der Waals surface area contributed by atoms with E-state index in [1.54, 1.807) is 23.5 Å². The van der Waals surface area contributed by atoms with Gasteiger partial charge in [0, 0.05) is 23.2 Å². The zero-order valence-electron chi connectivity index (χ0n) is 14.9. The number of thiophene rings is 1. The predicted octanol–water partition coefficient (Wildman–Crippen LogP) is 4.97. The maximum atomic E-state index is 8.95. The summed E-state index contributed by atoms with van der Waals surface area (Å²) in [5, 5.41) is 3.70. The van der Waals surface area contributed by atoms with Gasteiger partial charge in [-0.1, -0.05) is 42.4 Å². The van der Waals surface area contributed by atoms with E-state index < -0.39 is 6.08 Å². The molecule has 3 heteroatoms. The Labute approximate surface area is 138 Å². The van der Waals surface area contributed by atoms with E-state index in [1.807, 2.05) is 55.9 Å². The maximum absolute atomic E-state index is 8.95. The lowest BCUT2D eigenvalue weighted by Crippen LogP contribution is -2.18. The number of hydrogen-bond donors (Lipinski definition) is 0. The van der Waals surface area contributed by atoms with Crippen molar-refractivity contribution in [3.05, 3.63) is 64.8 Å². The van der Waals surface area contributed by atoms with Crippen LogP contribution in [0.2, 0.25) is 0 Å². The third-order valence-corrected chi connectivity index (χ3v) is 4.39. The number of ether oxygens (including phenoxy) is 1. The molecule has 3 rings (SSSR count). The highest BCUT2D eigenvalue weighted by Gasteiger charge is 2.16. The number of fused-ring (bicyclic) bond motifs is 1. The molecular formula is C19H21NOS. The highest BCUT2D eigenvalue weighted by molar-refractivity contribution is 7.10. The number of hydrogen-bond acceptors (Lipinski definition) is 3. The van der Waals surface area contributed by atoms with Gasteiger partial charge in [0.05, 0.1) is 2.74 Å². The lowest BCUT2D eigenvalue weighted by molar-refractivity contribution is 0.185. The van der Waals surface area contributed by atoms with Crippen molar-refractivity contribution in [1.29, 1.82) is 0 Å². The van der Waals surface area contributed by atoms with Gasteiger partial charge in [-0.2, -0.15) is 0 Å². The molecule has 3 aromatic rings. The van der Waals surface area contributed by atoms with Gasteiger partial charge in [0.25, 0.3) is 0 Å². The lowest BCUT2D eigenvalue weighted by atomic mass is 10.1. The van der Waals surface area contributed by atoms with E-state index in [0.717, 1.165) is 22.2 Å². The fraction of sp³-hybridized carbons (Fsp3) is 0.263. The van der Waals surface area contributed by atoms with E-state index in [0.29, 0.717) is 18.2 Å². The van der Waals surface area contributed by atoms with E-state index in [-0.39, 0.29) is 0 Å². The predicted molar refractivity (Wildman–Crippen MR) is 94.8 cm³/mol. The van der Waals surface area contributed by atoms with Gasteiger partial charge in [0.2, 0.25) is 0 Å². The molecule has 0 amide bonds. The first-order valence-electron chi connectivity index (χ1n) is 8.36. The molecule has 114 valence electrons. The van der Waals surface area contributed by atoms with Crippen molar-refractivity contribution in [2.24, 2.45) is 0 Å². The van der Waals surface area contributed by atoms with Crippen molar-refractivity contribution in [2.45, 2.75) is 12.5 Å². The first-order valence-corrected chi connectivity index (χ1v) is 8.24. The van der Waals surface area contributed by atoms with E-state index in [1.165, 1.54) is 0 Å². The Balaban J connectivity index is 2.01. The second-order valence-corrected chi connectivity index (χ2v) is 6.39. The molecule has 0 aliphatic rings. The summed E-state index contributed by atoms with van der Waals surface area (Å²) >= 11 is 1.54. The van der Waals surface area contributed by atoms with Gasteiger partial charge in [-0.3, -0.25) is 0 Å². The summed E-state index contributed by atoms with van der Waals surface area (Å²) in [5.41, 5.74) is 0. The lowest BCUT2D eigenvalue weighted by Gasteiger charge is -2.21. The fourth-order valence-electron chi connectivity index (χ4n) is 2.33. The molecule has 0 aliphatic heterocycles. The average molecular weight is 313 g/mol. The summed E-state index contributed by atoms with van der Waals surface area (Å²) < 4.78 is 23.2. The fourth-order valence-corrected chi connectivity index (χ4v) is 3.07. The topological polar surface area (TPSA) is 12.5 Å². The molecule has 0 saturated carbocycles. The Morgan fingerprint density at radius 1 is 1.18 bits per heavy atom. The third-order valence-electron chi connectivity index (χ3n) is 3.48. The molecule has 1 heterocycles. The Hall–Kier alpha value is -1.84. The van der Waals surface area contributed by atoms with Crippen LogP contribution in [0.1, 0.15) is 20.1 Å². The SMILES string of the molecule is [2H]c1ccc(O[C@@]([2H])(CCN(C)C)c2cccs2)c2ccccc12.